The standard InChI is InChI=1S/C17H16ClFN4O2/c18-11-7-5-10(6-8-11)15-13(9-20-21-15)17(25)23-22-16(24)12-3-1-2-4-14(12)19/h1-8,13,15,20-21H,9H2,(H,22,24)(H,23,25). The Morgan fingerprint density at radius 2 is 1.80 bits per heavy atom. The van der Waals surface area contributed by atoms with Crippen LogP contribution in [0.4, 0.5) is 4.39 Å². The first-order chi connectivity index (χ1) is 12.1. The average molecular weight is 363 g/mol. The molecule has 0 radical (unpaired) electrons. The van der Waals surface area contributed by atoms with Gasteiger partial charge in [0.05, 0.1) is 17.5 Å². The van der Waals surface area contributed by atoms with E-state index >= 15 is 0 Å². The maximum atomic E-state index is 13.6. The van der Waals surface area contributed by atoms with Crippen LogP contribution < -0.4 is 21.7 Å². The number of amides is 2. The third-order valence-electron chi connectivity index (χ3n) is 3.97. The number of carbonyl (C=O) groups excluding carboxylic acids is 2. The van der Waals surface area contributed by atoms with Gasteiger partial charge in [0, 0.05) is 11.6 Å². The molecule has 2 unspecified atom stereocenters. The molecule has 2 aromatic carbocycles. The molecule has 1 fully saturated rings. The molecule has 1 heterocycles. The minimum atomic E-state index is -0.714. The number of hydrogen-bond donors (Lipinski definition) is 4. The summed E-state index contributed by atoms with van der Waals surface area (Å²) in [5.41, 5.74) is 11.3. The van der Waals surface area contributed by atoms with E-state index in [0.717, 1.165) is 5.56 Å². The van der Waals surface area contributed by atoms with Gasteiger partial charge in [-0.25, -0.2) is 9.82 Å². The van der Waals surface area contributed by atoms with Crippen LogP contribution >= 0.6 is 11.6 Å². The maximum absolute atomic E-state index is 13.6. The second-order valence-corrected chi connectivity index (χ2v) is 6.02. The highest BCUT2D eigenvalue weighted by atomic mass is 35.5. The molecule has 0 bridgehead atoms. The fraction of sp³-hybridized carbons (Fsp3) is 0.176. The van der Waals surface area contributed by atoms with Crippen molar-refractivity contribution >= 4 is 23.4 Å². The Kier molecular flexibility index (Phi) is 5.28. The summed E-state index contributed by atoms with van der Waals surface area (Å²) in [6.45, 7) is 0.384. The lowest BCUT2D eigenvalue weighted by Crippen LogP contribution is -2.46. The van der Waals surface area contributed by atoms with E-state index in [1.165, 1.54) is 18.2 Å². The zero-order valence-corrected chi connectivity index (χ0v) is 13.8. The molecule has 3 rings (SSSR count). The Hall–Kier alpha value is -2.48. The topological polar surface area (TPSA) is 82.3 Å². The highest BCUT2D eigenvalue weighted by Crippen LogP contribution is 2.26. The van der Waals surface area contributed by atoms with Crippen molar-refractivity contribution in [3.05, 3.63) is 70.5 Å². The SMILES string of the molecule is O=C(NNC(=O)C1CNNC1c1ccc(Cl)cc1)c1ccccc1F. The van der Waals surface area contributed by atoms with Crippen LogP contribution in [0, 0.1) is 11.7 Å². The van der Waals surface area contributed by atoms with E-state index in [1.807, 2.05) is 12.1 Å². The Morgan fingerprint density at radius 3 is 2.52 bits per heavy atom. The monoisotopic (exact) mass is 362 g/mol. The van der Waals surface area contributed by atoms with Crippen molar-refractivity contribution in [2.45, 2.75) is 6.04 Å². The highest BCUT2D eigenvalue weighted by molar-refractivity contribution is 6.30. The van der Waals surface area contributed by atoms with E-state index in [2.05, 4.69) is 21.7 Å². The van der Waals surface area contributed by atoms with E-state index in [-0.39, 0.29) is 17.5 Å². The van der Waals surface area contributed by atoms with E-state index in [0.29, 0.717) is 11.6 Å². The first kappa shape index (κ1) is 17.3. The van der Waals surface area contributed by atoms with Gasteiger partial charge in [0.25, 0.3) is 5.91 Å². The van der Waals surface area contributed by atoms with Gasteiger partial charge in [0.1, 0.15) is 5.82 Å². The van der Waals surface area contributed by atoms with Crippen molar-refractivity contribution in [2.75, 3.05) is 6.54 Å². The Bertz CT molecular complexity index is 784. The van der Waals surface area contributed by atoms with Crippen molar-refractivity contribution in [3.63, 3.8) is 0 Å². The van der Waals surface area contributed by atoms with Crippen molar-refractivity contribution in [2.24, 2.45) is 5.92 Å². The van der Waals surface area contributed by atoms with Crippen molar-refractivity contribution in [1.82, 2.24) is 21.7 Å². The number of carbonyl (C=O) groups is 2. The van der Waals surface area contributed by atoms with Gasteiger partial charge >= 0.3 is 0 Å². The molecule has 4 N–H and O–H groups in total. The number of halogens is 2. The first-order valence-electron chi connectivity index (χ1n) is 7.65. The molecule has 0 spiro atoms. The van der Waals surface area contributed by atoms with Crippen molar-refractivity contribution in [1.29, 1.82) is 0 Å². The van der Waals surface area contributed by atoms with Crippen LogP contribution in [-0.2, 0) is 4.79 Å². The molecule has 2 atom stereocenters. The maximum Gasteiger partial charge on any atom is 0.272 e. The highest BCUT2D eigenvalue weighted by Gasteiger charge is 2.34. The molecule has 0 aliphatic carbocycles. The summed E-state index contributed by atoms with van der Waals surface area (Å²) in [5, 5.41) is 0.604. The van der Waals surface area contributed by atoms with Crippen LogP contribution in [0.5, 0.6) is 0 Å². The van der Waals surface area contributed by atoms with Crippen LogP contribution in [0.15, 0.2) is 48.5 Å². The number of nitrogens with one attached hydrogen (secondary N) is 4. The molecule has 0 aromatic heterocycles. The van der Waals surface area contributed by atoms with E-state index in [4.69, 9.17) is 11.6 Å². The fourth-order valence-electron chi connectivity index (χ4n) is 2.65. The lowest BCUT2D eigenvalue weighted by Gasteiger charge is -2.18. The number of hydrogen-bond acceptors (Lipinski definition) is 4. The minimum absolute atomic E-state index is 0.139. The van der Waals surface area contributed by atoms with Gasteiger partial charge in [-0.2, -0.15) is 0 Å². The predicted molar refractivity (Wildman–Crippen MR) is 90.8 cm³/mol. The third-order valence-corrected chi connectivity index (χ3v) is 4.22. The van der Waals surface area contributed by atoms with Gasteiger partial charge in [-0.05, 0) is 29.8 Å². The summed E-state index contributed by atoms with van der Waals surface area (Å²) in [6.07, 6.45) is 0. The quantitative estimate of drug-likeness (QED) is 0.626. The molecule has 130 valence electrons. The van der Waals surface area contributed by atoms with Crippen LogP contribution in [0.25, 0.3) is 0 Å². The summed E-state index contributed by atoms with van der Waals surface area (Å²) < 4.78 is 13.6. The lowest BCUT2D eigenvalue weighted by atomic mass is 9.94. The first-order valence-corrected chi connectivity index (χ1v) is 8.02. The van der Waals surface area contributed by atoms with Crippen molar-refractivity contribution < 1.29 is 14.0 Å². The average Bonchev–Trinajstić information content (AvgIpc) is 3.10. The summed E-state index contributed by atoms with van der Waals surface area (Å²) >= 11 is 5.88. The lowest BCUT2D eigenvalue weighted by molar-refractivity contribution is -0.125. The van der Waals surface area contributed by atoms with E-state index < -0.39 is 17.6 Å². The zero-order valence-electron chi connectivity index (χ0n) is 13.1. The van der Waals surface area contributed by atoms with Gasteiger partial charge < -0.3 is 0 Å². The Morgan fingerprint density at radius 1 is 1.08 bits per heavy atom. The van der Waals surface area contributed by atoms with Crippen LogP contribution in [0.2, 0.25) is 5.02 Å². The van der Waals surface area contributed by atoms with Crippen LogP contribution in [0.1, 0.15) is 22.0 Å². The second-order valence-electron chi connectivity index (χ2n) is 5.58. The molecule has 1 aliphatic rings. The van der Waals surface area contributed by atoms with Crippen LogP contribution in [0.3, 0.4) is 0 Å². The third kappa shape index (κ3) is 3.96. The Labute approximate surface area is 148 Å². The molecule has 6 nitrogen and oxygen atoms in total. The van der Waals surface area contributed by atoms with Gasteiger partial charge in [-0.1, -0.05) is 35.9 Å². The molecule has 0 saturated carbocycles. The largest absolute Gasteiger partial charge is 0.273 e. The molecule has 25 heavy (non-hydrogen) atoms. The molecular formula is C17H16ClFN4O2. The van der Waals surface area contributed by atoms with Gasteiger partial charge in [0.15, 0.2) is 0 Å². The predicted octanol–water partition coefficient (Wildman–Crippen LogP) is 1.71. The molecular weight excluding hydrogens is 347 g/mol. The number of benzene rings is 2. The number of rotatable bonds is 3. The minimum Gasteiger partial charge on any atom is -0.273 e. The van der Waals surface area contributed by atoms with Gasteiger partial charge in [0.2, 0.25) is 5.91 Å². The number of hydrazine groups is 2. The van der Waals surface area contributed by atoms with Gasteiger partial charge in [-0.15, -0.1) is 0 Å². The molecule has 1 saturated heterocycles. The molecule has 1 aliphatic heterocycles. The normalized spacial score (nSPS) is 19.4. The molecule has 2 aromatic rings. The van der Waals surface area contributed by atoms with E-state index in [1.54, 1.807) is 18.2 Å². The van der Waals surface area contributed by atoms with E-state index in [9.17, 15) is 14.0 Å². The Balaban J connectivity index is 1.63. The molecule has 2 amide bonds. The molecule has 8 heteroatoms. The summed E-state index contributed by atoms with van der Waals surface area (Å²) in [7, 11) is 0. The zero-order chi connectivity index (χ0) is 17.8. The van der Waals surface area contributed by atoms with Gasteiger partial charge in [-0.3, -0.25) is 25.9 Å². The smallest absolute Gasteiger partial charge is 0.272 e. The summed E-state index contributed by atoms with van der Waals surface area (Å²) in [6, 6.07) is 12.4. The summed E-state index contributed by atoms with van der Waals surface area (Å²) in [5.74, 6) is -2.21. The second kappa shape index (κ2) is 7.60. The van der Waals surface area contributed by atoms with Crippen molar-refractivity contribution in [3.8, 4) is 0 Å². The summed E-state index contributed by atoms with van der Waals surface area (Å²) in [4.78, 5) is 24.4. The van der Waals surface area contributed by atoms with Crippen LogP contribution in [-0.4, -0.2) is 18.4 Å². The fourth-order valence-corrected chi connectivity index (χ4v) is 2.78.